The van der Waals surface area contributed by atoms with E-state index < -0.39 is 0 Å². The molecule has 3 N–H and O–H groups in total. The lowest BCUT2D eigenvalue weighted by Crippen LogP contribution is -2.27. The van der Waals surface area contributed by atoms with Crippen LogP contribution in [0.2, 0.25) is 0 Å². The van der Waals surface area contributed by atoms with Crippen molar-refractivity contribution >= 4 is 5.91 Å². The fourth-order valence-corrected chi connectivity index (χ4v) is 2.81. The molecule has 0 saturated carbocycles. The van der Waals surface area contributed by atoms with Gasteiger partial charge in [-0.1, -0.05) is 12.1 Å². The highest BCUT2D eigenvalue weighted by atomic mass is 16.1. The van der Waals surface area contributed by atoms with E-state index in [1.165, 1.54) is 6.33 Å². The summed E-state index contributed by atoms with van der Waals surface area (Å²) in [7, 11) is 0. The first-order chi connectivity index (χ1) is 11.8. The first-order valence-electron chi connectivity index (χ1n) is 7.80. The van der Waals surface area contributed by atoms with Gasteiger partial charge < -0.3 is 10.6 Å². The number of aromatic amines is 1. The van der Waals surface area contributed by atoms with Gasteiger partial charge in [0.15, 0.2) is 5.69 Å². The summed E-state index contributed by atoms with van der Waals surface area (Å²) in [6.45, 7) is 2.06. The minimum Gasteiger partial charge on any atom is -0.347 e. The number of carbonyl (C=O) groups is 1. The minimum atomic E-state index is -0.144. The van der Waals surface area contributed by atoms with Gasteiger partial charge in [0.2, 0.25) is 0 Å². The van der Waals surface area contributed by atoms with Crippen LogP contribution in [0, 0.1) is 0 Å². The Labute approximate surface area is 138 Å². The van der Waals surface area contributed by atoms with E-state index in [-0.39, 0.29) is 5.91 Å². The fraction of sp³-hybridized carbons (Fsp3) is 0.250. The van der Waals surface area contributed by atoms with Crippen LogP contribution in [0.5, 0.6) is 0 Å². The van der Waals surface area contributed by atoms with E-state index in [0.717, 1.165) is 42.0 Å². The van der Waals surface area contributed by atoms with Gasteiger partial charge >= 0.3 is 0 Å². The molecule has 1 amide bonds. The Hall–Kier alpha value is -3.00. The zero-order valence-corrected chi connectivity index (χ0v) is 13.0. The highest BCUT2D eigenvalue weighted by Gasteiger charge is 2.21. The van der Waals surface area contributed by atoms with Crippen molar-refractivity contribution in [2.24, 2.45) is 0 Å². The molecule has 0 bridgehead atoms. The average Bonchev–Trinajstić information content (AvgIpc) is 3.30. The zero-order chi connectivity index (χ0) is 16.4. The summed E-state index contributed by atoms with van der Waals surface area (Å²) in [5.41, 5.74) is 4.47. The number of nitrogens with one attached hydrogen (secondary N) is 3. The Balaban J connectivity index is 1.41. The van der Waals surface area contributed by atoms with Crippen molar-refractivity contribution in [2.45, 2.75) is 19.5 Å². The monoisotopic (exact) mass is 323 g/mol. The number of hydrogen-bond donors (Lipinski definition) is 3. The molecule has 0 unspecified atom stereocenters. The molecule has 3 aromatic rings. The Morgan fingerprint density at radius 3 is 2.96 bits per heavy atom. The molecule has 8 nitrogen and oxygen atoms in total. The lowest BCUT2D eigenvalue weighted by Gasteiger charge is -2.12. The molecule has 24 heavy (non-hydrogen) atoms. The van der Waals surface area contributed by atoms with Gasteiger partial charge in [-0.05, 0) is 30.7 Å². The number of H-pyrrole nitrogens is 1. The molecule has 8 heteroatoms. The molecule has 0 aliphatic carbocycles. The summed E-state index contributed by atoms with van der Waals surface area (Å²) in [5.74, 6) is -0.144. The van der Waals surface area contributed by atoms with Crippen LogP contribution < -0.4 is 10.6 Å². The number of amides is 1. The Kier molecular flexibility index (Phi) is 3.80. The molecule has 0 atom stereocenters. The summed E-state index contributed by atoms with van der Waals surface area (Å²) < 4.78 is 1.69. The van der Waals surface area contributed by atoms with Gasteiger partial charge in [-0.2, -0.15) is 10.2 Å². The Morgan fingerprint density at radius 1 is 1.29 bits per heavy atom. The van der Waals surface area contributed by atoms with E-state index in [1.54, 1.807) is 11.0 Å². The highest BCUT2D eigenvalue weighted by molar-refractivity contribution is 5.94. The van der Waals surface area contributed by atoms with Gasteiger partial charge in [-0.3, -0.25) is 9.89 Å². The standard InChI is InChI=1S/C16H17N7O/c24-16(15-13-5-6-17-8-14(13)21-22-15)19-7-11-1-3-12(4-2-11)23-10-18-9-20-23/h1-4,9-10,17H,5-8H2,(H,19,24)(H,21,22). The van der Waals surface area contributed by atoms with E-state index >= 15 is 0 Å². The third-order valence-electron chi connectivity index (χ3n) is 4.09. The predicted octanol–water partition coefficient (Wildman–Crippen LogP) is 0.566. The summed E-state index contributed by atoms with van der Waals surface area (Å²) in [4.78, 5) is 16.3. The topological polar surface area (TPSA) is 101 Å². The zero-order valence-electron chi connectivity index (χ0n) is 13.0. The lowest BCUT2D eigenvalue weighted by molar-refractivity contribution is 0.0945. The molecule has 4 rings (SSSR count). The number of nitrogens with zero attached hydrogens (tertiary/aromatic N) is 4. The average molecular weight is 323 g/mol. The van der Waals surface area contributed by atoms with E-state index in [2.05, 4.69) is 30.9 Å². The van der Waals surface area contributed by atoms with Crippen molar-refractivity contribution in [3.8, 4) is 5.69 Å². The maximum absolute atomic E-state index is 12.4. The van der Waals surface area contributed by atoms with Gasteiger partial charge in [0.05, 0.1) is 11.4 Å². The number of fused-ring (bicyclic) bond motifs is 1. The number of rotatable bonds is 4. The van der Waals surface area contributed by atoms with E-state index in [1.807, 2.05) is 24.3 Å². The number of hydrogen-bond acceptors (Lipinski definition) is 5. The molecular formula is C16H17N7O. The Morgan fingerprint density at radius 2 is 2.17 bits per heavy atom. The molecule has 0 radical (unpaired) electrons. The Bertz CT molecular complexity index is 836. The molecular weight excluding hydrogens is 306 g/mol. The minimum absolute atomic E-state index is 0.144. The molecule has 0 spiro atoms. The summed E-state index contributed by atoms with van der Waals surface area (Å²) >= 11 is 0. The van der Waals surface area contributed by atoms with Crippen LogP contribution >= 0.6 is 0 Å². The molecule has 1 aliphatic rings. The van der Waals surface area contributed by atoms with Crippen LogP contribution in [-0.4, -0.2) is 37.4 Å². The van der Waals surface area contributed by atoms with Crippen LogP contribution in [0.25, 0.3) is 5.69 Å². The molecule has 122 valence electrons. The first-order valence-corrected chi connectivity index (χ1v) is 7.80. The fourth-order valence-electron chi connectivity index (χ4n) is 2.81. The highest BCUT2D eigenvalue weighted by Crippen LogP contribution is 2.15. The number of carbonyl (C=O) groups excluding carboxylic acids is 1. The van der Waals surface area contributed by atoms with Crippen molar-refractivity contribution in [3.63, 3.8) is 0 Å². The molecule has 2 aromatic heterocycles. The van der Waals surface area contributed by atoms with Gasteiger partial charge in [0.25, 0.3) is 5.91 Å². The molecule has 1 aliphatic heterocycles. The second-order valence-electron chi connectivity index (χ2n) is 5.65. The second-order valence-corrected chi connectivity index (χ2v) is 5.65. The van der Waals surface area contributed by atoms with Crippen molar-refractivity contribution in [2.75, 3.05) is 6.54 Å². The van der Waals surface area contributed by atoms with Crippen LogP contribution in [0.15, 0.2) is 36.9 Å². The third-order valence-corrected chi connectivity index (χ3v) is 4.09. The molecule has 0 fully saturated rings. The predicted molar refractivity (Wildman–Crippen MR) is 86.5 cm³/mol. The van der Waals surface area contributed by atoms with Crippen molar-refractivity contribution in [3.05, 3.63) is 59.4 Å². The van der Waals surface area contributed by atoms with Gasteiger partial charge in [-0.25, -0.2) is 9.67 Å². The molecule has 1 aromatic carbocycles. The van der Waals surface area contributed by atoms with Crippen LogP contribution in [0.4, 0.5) is 0 Å². The SMILES string of the molecule is O=C(NCc1ccc(-n2cncn2)cc1)c1n[nH]c2c1CCNC2. The van der Waals surface area contributed by atoms with Gasteiger partial charge in [0.1, 0.15) is 12.7 Å². The van der Waals surface area contributed by atoms with Crippen molar-refractivity contribution in [1.82, 2.24) is 35.6 Å². The number of benzene rings is 1. The second kappa shape index (κ2) is 6.25. The van der Waals surface area contributed by atoms with Crippen LogP contribution in [0.1, 0.15) is 27.3 Å². The van der Waals surface area contributed by atoms with Crippen LogP contribution in [-0.2, 0) is 19.5 Å². The maximum atomic E-state index is 12.4. The summed E-state index contributed by atoms with van der Waals surface area (Å²) in [6.07, 6.45) is 3.96. The summed E-state index contributed by atoms with van der Waals surface area (Å²) in [5, 5.41) is 17.4. The van der Waals surface area contributed by atoms with E-state index in [9.17, 15) is 4.79 Å². The largest absolute Gasteiger partial charge is 0.347 e. The number of aromatic nitrogens is 5. The van der Waals surface area contributed by atoms with Crippen LogP contribution in [0.3, 0.4) is 0 Å². The van der Waals surface area contributed by atoms with Gasteiger partial charge in [0, 0.05) is 18.7 Å². The van der Waals surface area contributed by atoms with Gasteiger partial charge in [-0.15, -0.1) is 0 Å². The first kappa shape index (κ1) is 14.6. The smallest absolute Gasteiger partial charge is 0.272 e. The van der Waals surface area contributed by atoms with Crippen molar-refractivity contribution < 1.29 is 4.79 Å². The third kappa shape index (κ3) is 2.79. The van der Waals surface area contributed by atoms with E-state index in [0.29, 0.717) is 12.2 Å². The normalized spacial score (nSPS) is 13.5. The maximum Gasteiger partial charge on any atom is 0.272 e. The molecule has 0 saturated heterocycles. The quantitative estimate of drug-likeness (QED) is 0.651. The molecule has 3 heterocycles. The lowest BCUT2D eigenvalue weighted by atomic mass is 10.1. The van der Waals surface area contributed by atoms with Crippen molar-refractivity contribution in [1.29, 1.82) is 0 Å². The van der Waals surface area contributed by atoms with E-state index in [4.69, 9.17) is 0 Å². The summed E-state index contributed by atoms with van der Waals surface area (Å²) in [6, 6.07) is 7.80.